The summed E-state index contributed by atoms with van der Waals surface area (Å²) in [6.07, 6.45) is 1.11. The molecular weight excluding hydrogens is 366 g/mol. The number of nitrogens with one attached hydrogen (secondary N) is 1. The number of amides is 1. The van der Waals surface area contributed by atoms with Crippen LogP contribution in [0.5, 0.6) is 5.75 Å². The van der Waals surface area contributed by atoms with Crippen molar-refractivity contribution in [2.45, 2.75) is 12.8 Å². The first-order valence-electron chi connectivity index (χ1n) is 7.88. The largest absolute Gasteiger partial charge is 0.494 e. The number of anilines is 1. The van der Waals surface area contributed by atoms with Gasteiger partial charge in [0.2, 0.25) is 5.91 Å². The third-order valence-electron chi connectivity index (χ3n) is 3.66. The molecule has 0 aliphatic heterocycles. The first kappa shape index (κ1) is 16.5. The lowest BCUT2D eigenvalue weighted by Crippen LogP contribution is -2.12. The zero-order valence-corrected chi connectivity index (χ0v) is 14.8. The van der Waals surface area contributed by atoms with E-state index < -0.39 is 0 Å². The van der Waals surface area contributed by atoms with E-state index in [9.17, 15) is 4.79 Å². The number of fused-ring (bicyclic) bond motifs is 1. The molecule has 4 heteroatoms. The van der Waals surface area contributed by atoms with E-state index in [1.807, 2.05) is 60.7 Å². The van der Waals surface area contributed by atoms with Crippen LogP contribution in [0, 0.1) is 0 Å². The van der Waals surface area contributed by atoms with Crippen LogP contribution in [-0.2, 0) is 4.79 Å². The highest BCUT2D eigenvalue weighted by Crippen LogP contribution is 2.19. The summed E-state index contributed by atoms with van der Waals surface area (Å²) in [5.74, 6) is 0.817. The highest BCUT2D eigenvalue weighted by molar-refractivity contribution is 9.10. The topological polar surface area (TPSA) is 38.3 Å². The fraction of sp³-hybridized carbons (Fsp3) is 0.150. The van der Waals surface area contributed by atoms with Gasteiger partial charge in [-0.3, -0.25) is 4.79 Å². The quantitative estimate of drug-likeness (QED) is 0.578. The van der Waals surface area contributed by atoms with E-state index in [0.29, 0.717) is 19.4 Å². The molecule has 3 aromatic carbocycles. The summed E-state index contributed by atoms with van der Waals surface area (Å²) in [6, 6.07) is 21.7. The lowest BCUT2D eigenvalue weighted by atomic mass is 10.1. The normalized spacial score (nSPS) is 10.5. The molecular formula is C20H18BrNO2. The first-order chi connectivity index (χ1) is 11.7. The maximum absolute atomic E-state index is 12.0. The lowest BCUT2D eigenvalue weighted by molar-refractivity contribution is -0.116. The lowest BCUT2D eigenvalue weighted by Gasteiger charge is -2.08. The van der Waals surface area contributed by atoms with Gasteiger partial charge in [0.1, 0.15) is 5.75 Å². The molecule has 0 aliphatic carbocycles. The molecule has 0 saturated heterocycles. The Hall–Kier alpha value is -2.33. The van der Waals surface area contributed by atoms with E-state index in [0.717, 1.165) is 21.3 Å². The molecule has 0 aliphatic rings. The second-order valence-corrected chi connectivity index (χ2v) is 6.43. The molecule has 0 saturated carbocycles. The van der Waals surface area contributed by atoms with Crippen molar-refractivity contribution in [2.24, 2.45) is 0 Å². The van der Waals surface area contributed by atoms with Crippen LogP contribution in [0.4, 0.5) is 5.69 Å². The molecule has 3 nitrogen and oxygen atoms in total. The number of carbonyl (C=O) groups is 1. The Balaban J connectivity index is 1.45. The number of halogens is 1. The number of carbonyl (C=O) groups excluding carboxylic acids is 1. The van der Waals surface area contributed by atoms with Crippen molar-refractivity contribution in [3.63, 3.8) is 0 Å². The van der Waals surface area contributed by atoms with Crippen molar-refractivity contribution >= 4 is 38.3 Å². The molecule has 0 radical (unpaired) electrons. The van der Waals surface area contributed by atoms with Gasteiger partial charge in [-0.25, -0.2) is 0 Å². The van der Waals surface area contributed by atoms with Crippen molar-refractivity contribution in [2.75, 3.05) is 11.9 Å². The molecule has 0 bridgehead atoms. The van der Waals surface area contributed by atoms with Crippen LogP contribution in [0.3, 0.4) is 0 Å². The molecule has 3 aromatic rings. The fourth-order valence-electron chi connectivity index (χ4n) is 2.44. The van der Waals surface area contributed by atoms with Crippen LogP contribution in [0.2, 0.25) is 0 Å². The molecule has 0 atom stereocenters. The molecule has 122 valence electrons. The molecule has 0 fully saturated rings. The van der Waals surface area contributed by atoms with E-state index in [4.69, 9.17) is 4.74 Å². The van der Waals surface area contributed by atoms with Gasteiger partial charge in [-0.1, -0.05) is 46.3 Å². The fourth-order valence-corrected chi connectivity index (χ4v) is 2.71. The van der Waals surface area contributed by atoms with Crippen LogP contribution in [0.15, 0.2) is 71.2 Å². The van der Waals surface area contributed by atoms with Crippen LogP contribution in [0.25, 0.3) is 10.8 Å². The van der Waals surface area contributed by atoms with E-state index in [-0.39, 0.29) is 5.91 Å². The number of hydrogen-bond acceptors (Lipinski definition) is 2. The summed E-state index contributed by atoms with van der Waals surface area (Å²) in [6.45, 7) is 0.521. The van der Waals surface area contributed by atoms with Gasteiger partial charge in [-0.15, -0.1) is 0 Å². The highest BCUT2D eigenvalue weighted by atomic mass is 79.9. The third kappa shape index (κ3) is 4.59. The number of benzene rings is 3. The monoisotopic (exact) mass is 383 g/mol. The molecule has 0 aromatic heterocycles. The average Bonchev–Trinajstić information content (AvgIpc) is 2.60. The molecule has 1 N–H and O–H groups in total. The Morgan fingerprint density at radius 3 is 2.50 bits per heavy atom. The maximum Gasteiger partial charge on any atom is 0.224 e. The zero-order valence-electron chi connectivity index (χ0n) is 13.2. The van der Waals surface area contributed by atoms with Gasteiger partial charge in [-0.05, 0) is 53.6 Å². The standard InChI is InChI=1S/C20H18BrNO2/c21-17-8-11-19(12-9-17)24-13-3-6-20(23)22-18-10-7-15-4-1-2-5-16(15)14-18/h1-2,4-5,7-12,14H,3,6,13H2,(H,22,23). The Kier molecular flexibility index (Phi) is 5.49. The summed E-state index contributed by atoms with van der Waals surface area (Å²) in [5, 5.41) is 5.22. The second-order valence-electron chi connectivity index (χ2n) is 5.52. The van der Waals surface area contributed by atoms with Gasteiger partial charge in [-0.2, -0.15) is 0 Å². The third-order valence-corrected chi connectivity index (χ3v) is 4.19. The van der Waals surface area contributed by atoms with E-state index in [1.165, 1.54) is 5.39 Å². The number of ether oxygens (including phenoxy) is 1. The minimum Gasteiger partial charge on any atom is -0.494 e. The summed E-state index contributed by atoms with van der Waals surface area (Å²) in [5.41, 5.74) is 0.826. The summed E-state index contributed by atoms with van der Waals surface area (Å²) in [7, 11) is 0. The maximum atomic E-state index is 12.0. The van der Waals surface area contributed by atoms with Gasteiger partial charge >= 0.3 is 0 Å². The molecule has 0 spiro atoms. The SMILES string of the molecule is O=C(CCCOc1ccc(Br)cc1)Nc1ccc2ccccc2c1. The van der Waals surface area contributed by atoms with Gasteiger partial charge in [0, 0.05) is 16.6 Å². The van der Waals surface area contributed by atoms with E-state index in [1.54, 1.807) is 0 Å². The minimum absolute atomic E-state index is 0.00434. The van der Waals surface area contributed by atoms with E-state index in [2.05, 4.69) is 27.3 Å². The van der Waals surface area contributed by atoms with Gasteiger partial charge in [0.05, 0.1) is 6.61 Å². The molecule has 0 heterocycles. The Morgan fingerprint density at radius 2 is 1.71 bits per heavy atom. The summed E-state index contributed by atoms with van der Waals surface area (Å²) >= 11 is 3.38. The number of hydrogen-bond donors (Lipinski definition) is 1. The predicted octanol–water partition coefficient (Wildman–Crippen LogP) is 5.40. The predicted molar refractivity (Wildman–Crippen MR) is 101 cm³/mol. The smallest absolute Gasteiger partial charge is 0.224 e. The average molecular weight is 384 g/mol. The molecule has 1 amide bonds. The second kappa shape index (κ2) is 7.97. The van der Waals surface area contributed by atoms with Crippen LogP contribution < -0.4 is 10.1 Å². The van der Waals surface area contributed by atoms with Crippen LogP contribution in [-0.4, -0.2) is 12.5 Å². The Bertz CT molecular complexity index is 830. The molecule has 3 rings (SSSR count). The van der Waals surface area contributed by atoms with Crippen molar-refractivity contribution in [3.05, 3.63) is 71.2 Å². The zero-order chi connectivity index (χ0) is 16.8. The van der Waals surface area contributed by atoms with Crippen molar-refractivity contribution < 1.29 is 9.53 Å². The molecule has 24 heavy (non-hydrogen) atoms. The summed E-state index contributed by atoms with van der Waals surface area (Å²) in [4.78, 5) is 12.0. The van der Waals surface area contributed by atoms with Gasteiger partial charge in [0.15, 0.2) is 0 Å². The van der Waals surface area contributed by atoms with Crippen molar-refractivity contribution in [3.8, 4) is 5.75 Å². The van der Waals surface area contributed by atoms with Crippen molar-refractivity contribution in [1.82, 2.24) is 0 Å². The van der Waals surface area contributed by atoms with Gasteiger partial charge < -0.3 is 10.1 Å². The molecule has 0 unspecified atom stereocenters. The Labute approximate surface area is 149 Å². The highest BCUT2D eigenvalue weighted by Gasteiger charge is 2.04. The Morgan fingerprint density at radius 1 is 0.958 bits per heavy atom. The van der Waals surface area contributed by atoms with Gasteiger partial charge in [0.25, 0.3) is 0 Å². The first-order valence-corrected chi connectivity index (χ1v) is 8.67. The van der Waals surface area contributed by atoms with Crippen LogP contribution >= 0.6 is 15.9 Å². The number of rotatable bonds is 6. The van der Waals surface area contributed by atoms with Crippen molar-refractivity contribution in [1.29, 1.82) is 0 Å². The van der Waals surface area contributed by atoms with Crippen LogP contribution in [0.1, 0.15) is 12.8 Å². The summed E-state index contributed by atoms with van der Waals surface area (Å²) < 4.78 is 6.64. The van der Waals surface area contributed by atoms with E-state index >= 15 is 0 Å². The minimum atomic E-state index is 0.00434.